The smallest absolute Gasteiger partial charge is 0.166 e. The van der Waals surface area contributed by atoms with E-state index < -0.39 is 15.2 Å². The fraction of sp³-hybridized carbons (Fsp3) is 0.818. The first-order chi connectivity index (χ1) is 9.56. The van der Waals surface area contributed by atoms with Gasteiger partial charge in [0.25, 0.3) is 0 Å². The van der Waals surface area contributed by atoms with Crippen molar-refractivity contribution >= 4 is 21.6 Å². The largest absolute Gasteiger partial charge is 0.329 e. The van der Waals surface area contributed by atoms with Crippen molar-refractivity contribution in [3.05, 3.63) is 11.9 Å². The van der Waals surface area contributed by atoms with E-state index in [1.54, 1.807) is 23.4 Å². The first-order valence-electron chi connectivity index (χ1n) is 6.69. The molecule has 9 heteroatoms. The second-order valence-electron chi connectivity index (χ2n) is 4.71. The highest BCUT2D eigenvalue weighted by molar-refractivity contribution is 8.01. The molecule has 1 saturated heterocycles. The van der Waals surface area contributed by atoms with Crippen LogP contribution in [0.15, 0.2) is 6.20 Å². The molecule has 1 unspecified atom stereocenters. The Kier molecular flexibility index (Phi) is 5.42. The Morgan fingerprint density at radius 3 is 3.05 bits per heavy atom. The molecule has 0 saturated carbocycles. The fourth-order valence-electron chi connectivity index (χ4n) is 2.18. The molecule has 0 bridgehead atoms. The highest BCUT2D eigenvalue weighted by atomic mass is 32.2. The van der Waals surface area contributed by atoms with E-state index >= 15 is 0 Å². The number of sulfone groups is 1. The lowest BCUT2D eigenvalue weighted by Gasteiger charge is -2.33. The lowest BCUT2D eigenvalue weighted by atomic mass is 10.4. The summed E-state index contributed by atoms with van der Waals surface area (Å²) < 4.78 is 26.0. The molecular formula is C11H21N5O2S2. The molecule has 0 aliphatic carbocycles. The molecule has 0 radical (unpaired) electrons. The van der Waals surface area contributed by atoms with Gasteiger partial charge in [0.1, 0.15) is 5.37 Å². The van der Waals surface area contributed by atoms with Crippen LogP contribution in [0.5, 0.6) is 0 Å². The first kappa shape index (κ1) is 15.7. The van der Waals surface area contributed by atoms with E-state index in [-0.39, 0.29) is 5.75 Å². The number of aromatic nitrogens is 3. The average molecular weight is 319 g/mol. The second-order valence-corrected chi connectivity index (χ2v) is 8.31. The van der Waals surface area contributed by atoms with Gasteiger partial charge in [-0.15, -0.1) is 5.10 Å². The monoisotopic (exact) mass is 319 g/mol. The standard InChI is InChI=1S/C11H21N5O2S2/c1-2-20(17,18)11-9-19-6-5-15(11)7-10-8-16(4-3-12)14-13-10/h8,11H,2-7,9,12H2,1H3. The summed E-state index contributed by atoms with van der Waals surface area (Å²) in [6.45, 7) is 4.12. The third-order valence-corrected chi connectivity index (χ3v) is 6.65. The van der Waals surface area contributed by atoms with E-state index in [9.17, 15) is 8.42 Å². The minimum absolute atomic E-state index is 0.175. The van der Waals surface area contributed by atoms with Crippen LogP contribution in [0.3, 0.4) is 0 Å². The van der Waals surface area contributed by atoms with Gasteiger partial charge in [0.15, 0.2) is 9.84 Å². The highest BCUT2D eigenvalue weighted by Gasteiger charge is 2.33. The molecule has 1 atom stereocenters. The van der Waals surface area contributed by atoms with Crippen LogP contribution in [0.4, 0.5) is 0 Å². The Balaban J connectivity index is 2.08. The molecule has 1 aliphatic rings. The predicted octanol–water partition coefficient (Wildman–Crippen LogP) is -0.454. The molecule has 2 N–H and O–H groups in total. The predicted molar refractivity (Wildman–Crippen MR) is 80.1 cm³/mol. The van der Waals surface area contributed by atoms with Crippen molar-refractivity contribution in [1.82, 2.24) is 19.9 Å². The van der Waals surface area contributed by atoms with Crippen LogP contribution >= 0.6 is 11.8 Å². The maximum atomic E-state index is 12.1. The number of thioether (sulfide) groups is 1. The van der Waals surface area contributed by atoms with Gasteiger partial charge >= 0.3 is 0 Å². The summed E-state index contributed by atoms with van der Waals surface area (Å²) in [5, 5.41) is 7.66. The van der Waals surface area contributed by atoms with Crippen molar-refractivity contribution in [3.63, 3.8) is 0 Å². The lowest BCUT2D eigenvalue weighted by molar-refractivity contribution is 0.258. The molecular weight excluding hydrogens is 298 g/mol. The molecule has 0 aromatic carbocycles. The van der Waals surface area contributed by atoms with E-state index in [4.69, 9.17) is 5.73 Å². The molecule has 7 nitrogen and oxygen atoms in total. The maximum Gasteiger partial charge on any atom is 0.166 e. The number of hydrogen-bond donors (Lipinski definition) is 1. The van der Waals surface area contributed by atoms with Gasteiger partial charge in [-0.05, 0) is 0 Å². The minimum Gasteiger partial charge on any atom is -0.329 e. The Bertz CT molecular complexity index is 531. The molecule has 1 aromatic rings. The third kappa shape index (κ3) is 3.72. The molecule has 0 spiro atoms. The van der Waals surface area contributed by atoms with E-state index in [2.05, 4.69) is 10.3 Å². The van der Waals surface area contributed by atoms with Gasteiger partial charge in [-0.2, -0.15) is 11.8 Å². The topological polar surface area (TPSA) is 94.1 Å². The van der Waals surface area contributed by atoms with Gasteiger partial charge in [0.05, 0.1) is 12.2 Å². The lowest BCUT2D eigenvalue weighted by Crippen LogP contribution is -2.47. The van der Waals surface area contributed by atoms with Crippen LogP contribution in [-0.4, -0.2) is 64.0 Å². The Labute approximate surface area is 123 Å². The molecule has 1 aliphatic heterocycles. The van der Waals surface area contributed by atoms with Gasteiger partial charge in [-0.3, -0.25) is 9.58 Å². The van der Waals surface area contributed by atoms with Gasteiger partial charge in [-0.25, -0.2) is 8.42 Å². The summed E-state index contributed by atoms with van der Waals surface area (Å²) in [5.74, 6) is 1.76. The Hall–Kier alpha value is -0.640. The van der Waals surface area contributed by atoms with Gasteiger partial charge in [-0.1, -0.05) is 12.1 Å². The van der Waals surface area contributed by atoms with E-state index in [1.807, 2.05) is 11.1 Å². The van der Waals surface area contributed by atoms with Crippen molar-refractivity contribution in [2.75, 3.05) is 30.3 Å². The maximum absolute atomic E-state index is 12.1. The Morgan fingerprint density at radius 1 is 1.55 bits per heavy atom. The third-order valence-electron chi connectivity index (χ3n) is 3.32. The number of nitrogens with zero attached hydrogens (tertiary/aromatic N) is 4. The molecule has 114 valence electrons. The molecule has 2 rings (SSSR count). The minimum atomic E-state index is -3.06. The molecule has 20 heavy (non-hydrogen) atoms. The summed E-state index contributed by atoms with van der Waals surface area (Å²) in [6.07, 6.45) is 1.84. The number of nitrogens with two attached hydrogens (primary N) is 1. The summed E-state index contributed by atoms with van der Waals surface area (Å²) >= 11 is 1.69. The normalized spacial score (nSPS) is 21.2. The number of rotatable bonds is 6. The fourth-order valence-corrected chi connectivity index (χ4v) is 5.26. The van der Waals surface area contributed by atoms with Crippen molar-refractivity contribution in [2.45, 2.75) is 25.4 Å². The molecule has 1 fully saturated rings. The van der Waals surface area contributed by atoms with Crippen LogP contribution in [0, 0.1) is 0 Å². The molecule has 0 amide bonds. The zero-order valence-electron chi connectivity index (χ0n) is 11.6. The van der Waals surface area contributed by atoms with E-state index in [1.165, 1.54) is 0 Å². The van der Waals surface area contributed by atoms with Crippen LogP contribution in [0.2, 0.25) is 0 Å². The van der Waals surface area contributed by atoms with Gasteiger partial charge < -0.3 is 5.73 Å². The first-order valence-corrected chi connectivity index (χ1v) is 9.56. The van der Waals surface area contributed by atoms with Crippen molar-refractivity contribution in [2.24, 2.45) is 5.73 Å². The SMILES string of the molecule is CCS(=O)(=O)C1CSCCN1Cc1cn(CCN)nn1. The second kappa shape index (κ2) is 6.88. The van der Waals surface area contributed by atoms with Crippen molar-refractivity contribution < 1.29 is 8.42 Å². The van der Waals surface area contributed by atoms with Crippen molar-refractivity contribution in [1.29, 1.82) is 0 Å². The van der Waals surface area contributed by atoms with Gasteiger partial charge in [0.2, 0.25) is 0 Å². The summed E-state index contributed by atoms with van der Waals surface area (Å²) in [4.78, 5) is 1.99. The summed E-state index contributed by atoms with van der Waals surface area (Å²) in [7, 11) is -3.06. The number of hydrogen-bond acceptors (Lipinski definition) is 7. The average Bonchev–Trinajstić information content (AvgIpc) is 2.87. The summed E-state index contributed by atoms with van der Waals surface area (Å²) in [6, 6.07) is 0. The van der Waals surface area contributed by atoms with Crippen molar-refractivity contribution in [3.8, 4) is 0 Å². The zero-order valence-corrected chi connectivity index (χ0v) is 13.2. The molecule has 2 heterocycles. The zero-order chi connectivity index (χ0) is 14.6. The van der Waals surface area contributed by atoms with Crippen LogP contribution in [0.25, 0.3) is 0 Å². The Morgan fingerprint density at radius 2 is 2.35 bits per heavy atom. The van der Waals surface area contributed by atoms with Gasteiger partial charge in [0, 0.05) is 43.1 Å². The molecule has 1 aromatic heterocycles. The van der Waals surface area contributed by atoms with Crippen LogP contribution in [-0.2, 0) is 22.9 Å². The quantitative estimate of drug-likeness (QED) is 0.758. The van der Waals surface area contributed by atoms with E-state index in [0.29, 0.717) is 25.4 Å². The van der Waals surface area contributed by atoms with E-state index in [0.717, 1.165) is 18.0 Å². The highest BCUT2D eigenvalue weighted by Crippen LogP contribution is 2.22. The summed E-state index contributed by atoms with van der Waals surface area (Å²) in [5.41, 5.74) is 6.26. The van der Waals surface area contributed by atoms with Crippen LogP contribution < -0.4 is 5.73 Å². The van der Waals surface area contributed by atoms with Crippen LogP contribution in [0.1, 0.15) is 12.6 Å².